The quantitative estimate of drug-likeness (QED) is 0.825. The smallest absolute Gasteiger partial charge is 0.152 e. The third-order valence-corrected chi connectivity index (χ3v) is 3.96. The molecular formula is C17H16F3N. The summed E-state index contributed by atoms with van der Waals surface area (Å²) in [5, 5.41) is 0. The molecule has 0 aliphatic carbocycles. The molecule has 1 heterocycles. The third-order valence-electron chi connectivity index (χ3n) is 3.96. The van der Waals surface area contributed by atoms with E-state index in [2.05, 4.69) is 0 Å². The van der Waals surface area contributed by atoms with E-state index in [0.717, 1.165) is 17.7 Å². The molecule has 4 heteroatoms. The van der Waals surface area contributed by atoms with Gasteiger partial charge in [0.05, 0.1) is 0 Å². The zero-order valence-corrected chi connectivity index (χ0v) is 11.5. The average molecular weight is 291 g/mol. The standard InChI is InChI=1S/C17H16F3N/c18-14-6-7-15(16(19)10-14)17(20)8-9-21(12-17)11-13-4-2-1-3-5-13/h1-7,10H,8-9,11-12H2. The lowest BCUT2D eigenvalue weighted by Crippen LogP contribution is -2.27. The van der Waals surface area contributed by atoms with Crippen LogP contribution in [0, 0.1) is 11.6 Å². The van der Waals surface area contributed by atoms with Crippen molar-refractivity contribution < 1.29 is 13.2 Å². The minimum absolute atomic E-state index is 0.0422. The maximum atomic E-state index is 15.0. The second-order valence-corrected chi connectivity index (χ2v) is 5.54. The van der Waals surface area contributed by atoms with Crippen molar-refractivity contribution in [2.75, 3.05) is 13.1 Å². The van der Waals surface area contributed by atoms with Crippen molar-refractivity contribution in [3.8, 4) is 0 Å². The Morgan fingerprint density at radius 2 is 1.81 bits per heavy atom. The van der Waals surface area contributed by atoms with Crippen LogP contribution in [-0.2, 0) is 12.2 Å². The molecular weight excluding hydrogens is 275 g/mol. The fraction of sp³-hybridized carbons (Fsp3) is 0.294. The lowest BCUT2D eigenvalue weighted by atomic mass is 9.94. The topological polar surface area (TPSA) is 3.24 Å². The van der Waals surface area contributed by atoms with Crippen LogP contribution in [-0.4, -0.2) is 18.0 Å². The summed E-state index contributed by atoms with van der Waals surface area (Å²) in [7, 11) is 0. The number of halogens is 3. The van der Waals surface area contributed by atoms with E-state index in [4.69, 9.17) is 0 Å². The van der Waals surface area contributed by atoms with Gasteiger partial charge in [0.1, 0.15) is 11.6 Å². The van der Waals surface area contributed by atoms with E-state index in [0.29, 0.717) is 13.1 Å². The number of nitrogens with zero attached hydrogens (tertiary/aromatic N) is 1. The molecule has 1 saturated heterocycles. The van der Waals surface area contributed by atoms with Gasteiger partial charge in [-0.25, -0.2) is 13.2 Å². The van der Waals surface area contributed by atoms with Gasteiger partial charge in [-0.05, 0) is 24.1 Å². The van der Waals surface area contributed by atoms with E-state index in [-0.39, 0.29) is 18.5 Å². The van der Waals surface area contributed by atoms with Crippen molar-refractivity contribution >= 4 is 0 Å². The highest BCUT2D eigenvalue weighted by molar-refractivity contribution is 5.27. The van der Waals surface area contributed by atoms with Crippen LogP contribution in [0.15, 0.2) is 48.5 Å². The molecule has 21 heavy (non-hydrogen) atoms. The van der Waals surface area contributed by atoms with Crippen LogP contribution in [0.4, 0.5) is 13.2 Å². The second-order valence-electron chi connectivity index (χ2n) is 5.54. The van der Waals surface area contributed by atoms with Gasteiger partial charge in [0.25, 0.3) is 0 Å². The molecule has 2 aromatic rings. The molecule has 1 aliphatic heterocycles. The second kappa shape index (κ2) is 5.53. The minimum Gasteiger partial charge on any atom is -0.295 e. The lowest BCUT2D eigenvalue weighted by molar-refractivity contribution is 0.159. The molecule has 0 radical (unpaired) electrons. The summed E-state index contributed by atoms with van der Waals surface area (Å²) in [4.78, 5) is 1.96. The van der Waals surface area contributed by atoms with Crippen LogP contribution >= 0.6 is 0 Å². The molecule has 0 N–H and O–H groups in total. The highest BCUT2D eigenvalue weighted by atomic mass is 19.2. The highest BCUT2D eigenvalue weighted by Crippen LogP contribution is 2.38. The number of benzene rings is 2. The van der Waals surface area contributed by atoms with Gasteiger partial charge >= 0.3 is 0 Å². The van der Waals surface area contributed by atoms with Crippen LogP contribution in [0.5, 0.6) is 0 Å². The van der Waals surface area contributed by atoms with Crippen molar-refractivity contribution in [3.63, 3.8) is 0 Å². The zero-order valence-electron chi connectivity index (χ0n) is 11.5. The monoisotopic (exact) mass is 291 g/mol. The molecule has 0 bridgehead atoms. The highest BCUT2D eigenvalue weighted by Gasteiger charge is 2.41. The maximum absolute atomic E-state index is 15.0. The number of hydrogen-bond acceptors (Lipinski definition) is 1. The SMILES string of the molecule is Fc1ccc(C2(F)CCN(Cc3ccccc3)C2)c(F)c1. The van der Waals surface area contributed by atoms with Gasteiger partial charge < -0.3 is 0 Å². The maximum Gasteiger partial charge on any atom is 0.152 e. The van der Waals surface area contributed by atoms with Crippen LogP contribution in [0.2, 0.25) is 0 Å². The first kappa shape index (κ1) is 14.1. The van der Waals surface area contributed by atoms with E-state index in [1.54, 1.807) is 0 Å². The summed E-state index contributed by atoms with van der Waals surface area (Å²) in [5.41, 5.74) is -0.687. The van der Waals surface area contributed by atoms with Gasteiger partial charge in [-0.3, -0.25) is 4.90 Å². The van der Waals surface area contributed by atoms with E-state index in [1.165, 1.54) is 6.07 Å². The third kappa shape index (κ3) is 2.95. The molecule has 1 nitrogen and oxygen atoms in total. The Balaban J connectivity index is 1.76. The molecule has 0 aromatic heterocycles. The van der Waals surface area contributed by atoms with Crippen molar-refractivity contribution in [2.24, 2.45) is 0 Å². The first-order valence-electron chi connectivity index (χ1n) is 6.98. The predicted octanol–water partition coefficient (Wildman–Crippen LogP) is 4.04. The summed E-state index contributed by atoms with van der Waals surface area (Å²) >= 11 is 0. The van der Waals surface area contributed by atoms with Gasteiger partial charge in [0.15, 0.2) is 5.67 Å². The van der Waals surface area contributed by atoms with E-state index < -0.39 is 17.3 Å². The molecule has 0 amide bonds. The first-order valence-corrected chi connectivity index (χ1v) is 6.98. The lowest BCUT2D eigenvalue weighted by Gasteiger charge is -2.22. The number of alkyl halides is 1. The summed E-state index contributed by atoms with van der Waals surface area (Å²) in [5.74, 6) is -1.49. The molecule has 1 fully saturated rings. The minimum atomic E-state index is -1.74. The fourth-order valence-corrected chi connectivity index (χ4v) is 2.90. The van der Waals surface area contributed by atoms with Crippen molar-refractivity contribution in [1.82, 2.24) is 4.90 Å². The van der Waals surface area contributed by atoms with Gasteiger partial charge in [-0.2, -0.15) is 0 Å². The normalized spacial score (nSPS) is 22.6. The van der Waals surface area contributed by atoms with Crippen molar-refractivity contribution in [3.05, 3.63) is 71.3 Å². The molecule has 2 aromatic carbocycles. The number of likely N-dealkylation sites (tertiary alicyclic amines) is 1. The van der Waals surface area contributed by atoms with E-state index in [9.17, 15) is 13.2 Å². The summed E-state index contributed by atoms with van der Waals surface area (Å²) in [6.45, 7) is 1.32. The molecule has 110 valence electrons. The Morgan fingerprint density at radius 3 is 2.52 bits per heavy atom. The molecule has 1 atom stereocenters. The molecule has 1 aliphatic rings. The molecule has 3 rings (SSSR count). The van der Waals surface area contributed by atoms with Crippen LogP contribution in [0.1, 0.15) is 17.5 Å². The number of hydrogen-bond donors (Lipinski definition) is 0. The summed E-state index contributed by atoms with van der Waals surface area (Å²) < 4.78 is 41.7. The van der Waals surface area contributed by atoms with Crippen molar-refractivity contribution in [1.29, 1.82) is 0 Å². The Kier molecular flexibility index (Phi) is 3.72. The Morgan fingerprint density at radius 1 is 1.05 bits per heavy atom. The largest absolute Gasteiger partial charge is 0.295 e. The van der Waals surface area contributed by atoms with E-state index in [1.807, 2.05) is 35.2 Å². The Hall–Kier alpha value is -1.81. The van der Waals surface area contributed by atoms with Gasteiger partial charge in [-0.1, -0.05) is 30.3 Å². The Labute approximate surface area is 122 Å². The van der Waals surface area contributed by atoms with Crippen LogP contribution < -0.4 is 0 Å². The first-order chi connectivity index (χ1) is 10.1. The average Bonchev–Trinajstić information content (AvgIpc) is 2.82. The van der Waals surface area contributed by atoms with E-state index >= 15 is 0 Å². The predicted molar refractivity (Wildman–Crippen MR) is 75.5 cm³/mol. The van der Waals surface area contributed by atoms with Gasteiger partial charge in [-0.15, -0.1) is 0 Å². The summed E-state index contributed by atoms with van der Waals surface area (Å²) in [6, 6.07) is 12.8. The fourth-order valence-electron chi connectivity index (χ4n) is 2.90. The molecule has 0 spiro atoms. The van der Waals surface area contributed by atoms with Crippen LogP contribution in [0.25, 0.3) is 0 Å². The van der Waals surface area contributed by atoms with Crippen LogP contribution in [0.3, 0.4) is 0 Å². The van der Waals surface area contributed by atoms with Crippen molar-refractivity contribution in [2.45, 2.75) is 18.6 Å². The zero-order chi connectivity index (χ0) is 14.9. The number of rotatable bonds is 3. The van der Waals surface area contributed by atoms with Gasteiger partial charge in [0, 0.05) is 31.3 Å². The summed E-state index contributed by atoms with van der Waals surface area (Å²) in [6.07, 6.45) is 0.225. The van der Waals surface area contributed by atoms with Gasteiger partial charge in [0.2, 0.25) is 0 Å². The molecule has 1 unspecified atom stereocenters. The Bertz CT molecular complexity index is 629. The molecule has 0 saturated carbocycles.